The molecule has 2 aromatic rings. The summed E-state index contributed by atoms with van der Waals surface area (Å²) < 4.78 is 0. The van der Waals surface area contributed by atoms with Crippen molar-refractivity contribution in [2.45, 2.75) is 63.5 Å². The Morgan fingerprint density at radius 3 is 2.44 bits per heavy atom. The number of hydrogen-bond donors (Lipinski definition) is 1. The van der Waals surface area contributed by atoms with E-state index in [0.29, 0.717) is 12.1 Å². The Morgan fingerprint density at radius 2 is 1.67 bits per heavy atom. The van der Waals surface area contributed by atoms with Gasteiger partial charge in [0.15, 0.2) is 0 Å². The average molecular weight is 489 g/mol. The first-order chi connectivity index (χ1) is 17.7. The van der Waals surface area contributed by atoms with Crippen LogP contribution in [0.15, 0.2) is 48.7 Å². The van der Waals surface area contributed by atoms with Gasteiger partial charge in [-0.1, -0.05) is 43.2 Å². The van der Waals surface area contributed by atoms with Crippen LogP contribution in [0, 0.1) is 0 Å². The van der Waals surface area contributed by atoms with Crippen LogP contribution in [0.2, 0.25) is 0 Å². The fraction of sp³-hybridized carbons (Fsp3) is 0.552. The third-order valence-electron chi connectivity index (χ3n) is 7.87. The number of likely N-dealkylation sites (tertiary alicyclic amines) is 2. The lowest BCUT2D eigenvalue weighted by atomic mass is 9.98. The number of benzene rings is 1. The molecular weight excluding hydrogens is 448 g/mol. The summed E-state index contributed by atoms with van der Waals surface area (Å²) in [7, 11) is 0. The van der Waals surface area contributed by atoms with Crippen molar-refractivity contribution in [2.75, 3.05) is 49.5 Å². The predicted molar refractivity (Wildman–Crippen MR) is 146 cm³/mol. The van der Waals surface area contributed by atoms with Gasteiger partial charge < -0.3 is 15.1 Å². The second kappa shape index (κ2) is 12.3. The first kappa shape index (κ1) is 24.8. The molecule has 1 N–H and O–H groups in total. The van der Waals surface area contributed by atoms with E-state index in [9.17, 15) is 4.79 Å². The van der Waals surface area contributed by atoms with Crippen LogP contribution in [0.3, 0.4) is 0 Å². The molecule has 0 radical (unpaired) electrons. The Labute approximate surface area is 215 Å². The van der Waals surface area contributed by atoms with Gasteiger partial charge in [0.2, 0.25) is 11.9 Å². The monoisotopic (exact) mass is 488 g/mol. The number of aromatic nitrogens is 2. The zero-order valence-corrected chi connectivity index (χ0v) is 21.4. The third-order valence-corrected chi connectivity index (χ3v) is 7.87. The summed E-state index contributed by atoms with van der Waals surface area (Å²) in [4.78, 5) is 29.1. The van der Waals surface area contributed by atoms with Crippen molar-refractivity contribution < 1.29 is 4.79 Å². The molecule has 5 rings (SSSR count). The van der Waals surface area contributed by atoms with Crippen LogP contribution in [-0.4, -0.2) is 77.0 Å². The normalized spacial score (nSPS) is 22.5. The highest BCUT2D eigenvalue weighted by molar-refractivity contribution is 5.91. The predicted octanol–water partition coefficient (Wildman–Crippen LogP) is 4.44. The van der Waals surface area contributed by atoms with Crippen LogP contribution in [0.4, 0.5) is 11.8 Å². The minimum absolute atomic E-state index is 0.122. The zero-order valence-electron chi connectivity index (χ0n) is 21.4. The Kier molecular flexibility index (Phi) is 8.49. The van der Waals surface area contributed by atoms with E-state index in [-0.39, 0.29) is 5.91 Å². The maximum absolute atomic E-state index is 12.7. The summed E-state index contributed by atoms with van der Waals surface area (Å²) in [5.74, 6) is 1.94. The zero-order chi connectivity index (χ0) is 24.6. The summed E-state index contributed by atoms with van der Waals surface area (Å²) in [6.07, 6.45) is 15.1. The highest BCUT2D eigenvalue weighted by Crippen LogP contribution is 2.24. The minimum Gasteiger partial charge on any atom is -0.356 e. The lowest BCUT2D eigenvalue weighted by molar-refractivity contribution is -0.127. The van der Waals surface area contributed by atoms with Gasteiger partial charge >= 0.3 is 0 Å². The molecule has 0 saturated carbocycles. The van der Waals surface area contributed by atoms with Crippen LogP contribution in [0.5, 0.6) is 0 Å². The molecule has 1 unspecified atom stereocenters. The van der Waals surface area contributed by atoms with Crippen molar-refractivity contribution in [2.24, 2.45) is 0 Å². The Morgan fingerprint density at radius 1 is 0.889 bits per heavy atom. The smallest absolute Gasteiger partial charge is 0.246 e. The first-order valence-electron chi connectivity index (χ1n) is 13.9. The standard InChI is InChI=1S/C29H40N6O/c36-28(13-12-24-9-4-3-5-10-24)34-21-15-26(16-22-34)35-20-8-11-25(23-35)31-29-30-17-14-27(32-29)33-18-6-1-2-7-19-33/h3-5,9-10,12-14,17,25-26H,1-2,6-8,11,15-16,18-23H2,(H,30,31,32). The molecular formula is C29H40N6O. The topological polar surface area (TPSA) is 64.6 Å². The largest absolute Gasteiger partial charge is 0.356 e. The lowest BCUT2D eigenvalue weighted by Crippen LogP contribution is -2.51. The lowest BCUT2D eigenvalue weighted by Gasteiger charge is -2.42. The average Bonchev–Trinajstić information content (AvgIpc) is 3.23. The maximum Gasteiger partial charge on any atom is 0.246 e. The second-order valence-electron chi connectivity index (χ2n) is 10.4. The summed E-state index contributed by atoms with van der Waals surface area (Å²) in [5, 5.41) is 3.64. The first-order valence-corrected chi connectivity index (χ1v) is 13.9. The Hall–Kier alpha value is -2.93. The minimum atomic E-state index is 0.122. The van der Waals surface area contributed by atoms with E-state index < -0.39 is 0 Å². The summed E-state index contributed by atoms with van der Waals surface area (Å²) in [6, 6.07) is 13.0. The van der Waals surface area contributed by atoms with E-state index in [1.165, 1.54) is 32.1 Å². The second-order valence-corrected chi connectivity index (χ2v) is 10.4. The van der Waals surface area contributed by atoms with Crippen molar-refractivity contribution in [1.82, 2.24) is 19.8 Å². The van der Waals surface area contributed by atoms with E-state index in [1.54, 1.807) is 6.08 Å². The molecule has 3 saturated heterocycles. The van der Waals surface area contributed by atoms with E-state index >= 15 is 0 Å². The van der Waals surface area contributed by atoms with Gasteiger partial charge in [0.1, 0.15) is 5.82 Å². The van der Waals surface area contributed by atoms with Gasteiger partial charge in [-0.05, 0) is 62.8 Å². The molecule has 7 heteroatoms. The summed E-state index contributed by atoms with van der Waals surface area (Å²) >= 11 is 0. The molecule has 1 aromatic carbocycles. The van der Waals surface area contributed by atoms with Crippen molar-refractivity contribution in [1.29, 1.82) is 0 Å². The van der Waals surface area contributed by atoms with Crippen molar-refractivity contribution in [3.05, 3.63) is 54.2 Å². The molecule has 1 atom stereocenters. The molecule has 36 heavy (non-hydrogen) atoms. The number of carbonyl (C=O) groups excluding carboxylic acids is 1. The number of carbonyl (C=O) groups is 1. The number of piperidine rings is 2. The SMILES string of the molecule is O=C(C=Cc1ccccc1)N1CCC(N2CCCC(Nc3nccc(N4CCCCCC4)n3)C2)CC1. The van der Waals surface area contributed by atoms with Gasteiger partial charge in [-0.25, -0.2) is 4.98 Å². The summed E-state index contributed by atoms with van der Waals surface area (Å²) in [6.45, 7) is 6.01. The van der Waals surface area contributed by atoms with Gasteiger partial charge in [0.05, 0.1) is 0 Å². The fourth-order valence-corrected chi connectivity index (χ4v) is 5.82. The molecule has 0 bridgehead atoms. The number of anilines is 2. The maximum atomic E-state index is 12.7. The summed E-state index contributed by atoms with van der Waals surface area (Å²) in [5.41, 5.74) is 1.06. The molecule has 0 spiro atoms. The number of rotatable bonds is 6. The molecule has 192 valence electrons. The Bertz CT molecular complexity index is 996. The van der Waals surface area contributed by atoms with Crippen LogP contribution in [0.25, 0.3) is 6.08 Å². The van der Waals surface area contributed by atoms with Crippen LogP contribution in [0.1, 0.15) is 56.9 Å². The number of amides is 1. The third kappa shape index (κ3) is 6.64. The van der Waals surface area contributed by atoms with Gasteiger partial charge in [0.25, 0.3) is 0 Å². The van der Waals surface area contributed by atoms with Crippen LogP contribution in [-0.2, 0) is 4.79 Å². The fourth-order valence-electron chi connectivity index (χ4n) is 5.82. The molecule has 4 heterocycles. The molecule has 7 nitrogen and oxygen atoms in total. The number of hydrogen-bond acceptors (Lipinski definition) is 6. The van der Waals surface area contributed by atoms with Crippen molar-refractivity contribution in [3.63, 3.8) is 0 Å². The molecule has 3 aliphatic heterocycles. The van der Waals surface area contributed by atoms with E-state index in [1.807, 2.05) is 53.6 Å². The highest BCUT2D eigenvalue weighted by atomic mass is 16.2. The molecule has 1 aromatic heterocycles. The van der Waals surface area contributed by atoms with Gasteiger partial charge in [-0.2, -0.15) is 4.98 Å². The quantitative estimate of drug-likeness (QED) is 0.607. The van der Waals surface area contributed by atoms with Gasteiger partial charge in [-0.3, -0.25) is 9.69 Å². The Balaban J connectivity index is 1.11. The molecule has 1 amide bonds. The highest BCUT2D eigenvalue weighted by Gasteiger charge is 2.30. The number of nitrogens with zero attached hydrogens (tertiary/aromatic N) is 5. The van der Waals surface area contributed by atoms with Crippen LogP contribution >= 0.6 is 0 Å². The molecule has 3 fully saturated rings. The van der Waals surface area contributed by atoms with Gasteiger partial charge in [0, 0.05) is 57.1 Å². The van der Waals surface area contributed by atoms with Gasteiger partial charge in [-0.15, -0.1) is 0 Å². The number of nitrogens with one attached hydrogen (secondary N) is 1. The van der Waals surface area contributed by atoms with E-state index in [2.05, 4.69) is 20.1 Å². The molecule has 3 aliphatic rings. The van der Waals surface area contributed by atoms with Crippen LogP contribution < -0.4 is 10.2 Å². The molecule has 0 aliphatic carbocycles. The van der Waals surface area contributed by atoms with E-state index in [4.69, 9.17) is 4.98 Å². The van der Waals surface area contributed by atoms with E-state index in [0.717, 1.165) is 75.9 Å². The van der Waals surface area contributed by atoms with Crippen molar-refractivity contribution >= 4 is 23.7 Å². The van der Waals surface area contributed by atoms with Crippen molar-refractivity contribution in [3.8, 4) is 0 Å².